The maximum absolute atomic E-state index is 13.5. The number of pyridine rings is 1. The first-order valence-corrected chi connectivity index (χ1v) is 9.79. The lowest BCUT2D eigenvalue weighted by Crippen LogP contribution is -2.37. The van der Waals surface area contributed by atoms with Gasteiger partial charge in [-0.15, -0.1) is 0 Å². The molecule has 4 aromatic rings. The highest BCUT2D eigenvalue weighted by molar-refractivity contribution is 6.31. The third-order valence-electron chi connectivity index (χ3n) is 4.98. The van der Waals surface area contributed by atoms with Gasteiger partial charge in [0.15, 0.2) is 0 Å². The van der Waals surface area contributed by atoms with Gasteiger partial charge in [0, 0.05) is 17.3 Å². The van der Waals surface area contributed by atoms with E-state index in [2.05, 4.69) is 25.5 Å². The maximum Gasteiger partial charge on any atom is 0.322 e. The number of aromatic amines is 2. The lowest BCUT2D eigenvalue weighted by Gasteiger charge is -2.29. The summed E-state index contributed by atoms with van der Waals surface area (Å²) in [5.41, 5.74) is 0.887. The molecule has 158 valence electrons. The summed E-state index contributed by atoms with van der Waals surface area (Å²) in [7, 11) is 0. The lowest BCUT2D eigenvalue weighted by molar-refractivity contribution is 0.187. The summed E-state index contributed by atoms with van der Waals surface area (Å²) in [4.78, 5) is 33.8. The van der Waals surface area contributed by atoms with Crippen LogP contribution in [0, 0.1) is 5.82 Å². The molecule has 31 heavy (non-hydrogen) atoms. The molecule has 2 aromatic carbocycles. The van der Waals surface area contributed by atoms with Crippen molar-refractivity contribution in [2.75, 3.05) is 5.32 Å². The summed E-state index contributed by atoms with van der Waals surface area (Å²) in [5.74, 6) is -0.0980. The highest BCUT2D eigenvalue weighted by Crippen LogP contribution is 2.28. The molecular weight excluding hydrogens is 423 g/mol. The van der Waals surface area contributed by atoms with Gasteiger partial charge in [-0.05, 0) is 42.1 Å². The predicted octanol–water partition coefficient (Wildman–Crippen LogP) is 4.23. The van der Waals surface area contributed by atoms with E-state index in [4.69, 9.17) is 11.6 Å². The highest BCUT2D eigenvalue weighted by atomic mass is 35.5. The third kappa shape index (κ3) is 4.26. The molecule has 2 amide bonds. The highest BCUT2D eigenvalue weighted by Gasteiger charge is 2.25. The van der Waals surface area contributed by atoms with Crippen LogP contribution in [0.25, 0.3) is 10.8 Å². The van der Waals surface area contributed by atoms with E-state index >= 15 is 0 Å². The van der Waals surface area contributed by atoms with Crippen molar-refractivity contribution in [2.24, 2.45) is 0 Å². The Kier molecular flexibility index (Phi) is 5.68. The van der Waals surface area contributed by atoms with Crippen molar-refractivity contribution in [1.82, 2.24) is 25.1 Å². The van der Waals surface area contributed by atoms with Crippen molar-refractivity contribution >= 4 is 34.1 Å². The van der Waals surface area contributed by atoms with Crippen LogP contribution >= 0.6 is 11.6 Å². The summed E-state index contributed by atoms with van der Waals surface area (Å²) in [6.07, 6.45) is 2.95. The number of urea groups is 1. The SMILES string of the molecule is CC(c1c[nH]c(=O)c2ccccc12)N(Cc1ncn[nH]1)C(=O)Nc1ccc(F)c(Cl)c1. The van der Waals surface area contributed by atoms with Gasteiger partial charge in [0.2, 0.25) is 0 Å². The molecule has 0 radical (unpaired) electrons. The standard InChI is InChI=1S/C21H18ClFN6O2/c1-12(16-9-24-20(30)15-5-3-2-4-14(15)16)29(10-19-25-11-26-28-19)21(31)27-13-6-7-18(23)17(22)8-13/h2-9,11-12H,10H2,1H3,(H,24,30)(H,27,31)(H,25,26,28). The van der Waals surface area contributed by atoms with Crippen LogP contribution in [-0.4, -0.2) is 31.1 Å². The van der Waals surface area contributed by atoms with Crippen LogP contribution < -0.4 is 10.9 Å². The van der Waals surface area contributed by atoms with Gasteiger partial charge >= 0.3 is 6.03 Å². The second-order valence-corrected chi connectivity index (χ2v) is 7.32. The monoisotopic (exact) mass is 440 g/mol. The number of carbonyl (C=O) groups is 1. The number of hydrogen-bond acceptors (Lipinski definition) is 4. The fourth-order valence-electron chi connectivity index (χ4n) is 3.37. The molecule has 0 saturated heterocycles. The molecule has 8 nitrogen and oxygen atoms in total. The van der Waals surface area contributed by atoms with Gasteiger partial charge in [0.25, 0.3) is 5.56 Å². The van der Waals surface area contributed by atoms with Crippen LogP contribution in [0.5, 0.6) is 0 Å². The van der Waals surface area contributed by atoms with Crippen molar-refractivity contribution in [2.45, 2.75) is 19.5 Å². The van der Waals surface area contributed by atoms with Gasteiger partial charge in [-0.2, -0.15) is 5.10 Å². The Hall–Kier alpha value is -3.72. The summed E-state index contributed by atoms with van der Waals surface area (Å²) in [6, 6.07) is 10.2. The Morgan fingerprint density at radius 2 is 2.03 bits per heavy atom. The van der Waals surface area contributed by atoms with E-state index in [9.17, 15) is 14.0 Å². The molecular formula is C21H18ClFN6O2. The fraction of sp³-hybridized carbons (Fsp3) is 0.143. The van der Waals surface area contributed by atoms with Crippen molar-refractivity contribution in [3.05, 3.63) is 87.6 Å². The van der Waals surface area contributed by atoms with Crippen LogP contribution in [0.1, 0.15) is 24.4 Å². The molecule has 10 heteroatoms. The summed E-state index contributed by atoms with van der Waals surface area (Å²) in [5, 5.41) is 10.5. The molecule has 0 aliphatic carbocycles. The molecule has 2 heterocycles. The number of carbonyl (C=O) groups excluding carboxylic acids is 1. The number of fused-ring (bicyclic) bond motifs is 1. The normalized spacial score (nSPS) is 12.0. The minimum Gasteiger partial charge on any atom is -0.328 e. The number of nitrogens with zero attached hydrogens (tertiary/aromatic N) is 3. The zero-order chi connectivity index (χ0) is 22.0. The smallest absolute Gasteiger partial charge is 0.322 e. The summed E-state index contributed by atoms with van der Waals surface area (Å²) >= 11 is 5.83. The zero-order valence-electron chi connectivity index (χ0n) is 16.4. The Labute approximate surface area is 181 Å². The molecule has 1 atom stereocenters. The van der Waals surface area contributed by atoms with Gasteiger partial charge in [0.05, 0.1) is 17.6 Å². The Balaban J connectivity index is 1.71. The molecule has 0 bridgehead atoms. The molecule has 0 saturated carbocycles. The van der Waals surface area contributed by atoms with Gasteiger partial charge in [0.1, 0.15) is 18.0 Å². The lowest BCUT2D eigenvalue weighted by atomic mass is 10.0. The largest absolute Gasteiger partial charge is 0.328 e. The van der Waals surface area contributed by atoms with E-state index in [0.717, 1.165) is 10.9 Å². The minimum atomic E-state index is -0.578. The van der Waals surface area contributed by atoms with E-state index in [0.29, 0.717) is 16.9 Å². The number of anilines is 1. The molecule has 1 unspecified atom stereocenters. The molecule has 0 aliphatic rings. The van der Waals surface area contributed by atoms with Crippen molar-refractivity contribution in [1.29, 1.82) is 0 Å². The predicted molar refractivity (Wildman–Crippen MR) is 115 cm³/mol. The molecule has 2 aromatic heterocycles. The van der Waals surface area contributed by atoms with Gasteiger partial charge in [-0.1, -0.05) is 29.8 Å². The second kappa shape index (κ2) is 8.57. The number of halogens is 2. The number of aromatic nitrogens is 4. The molecule has 0 aliphatic heterocycles. The number of H-pyrrole nitrogens is 2. The van der Waals surface area contributed by atoms with E-state index < -0.39 is 17.9 Å². The zero-order valence-corrected chi connectivity index (χ0v) is 17.2. The molecule has 4 rings (SSSR count). The number of nitrogens with one attached hydrogen (secondary N) is 3. The number of hydrogen-bond donors (Lipinski definition) is 3. The van der Waals surface area contributed by atoms with Crippen molar-refractivity contribution < 1.29 is 9.18 Å². The van der Waals surface area contributed by atoms with Gasteiger partial charge < -0.3 is 15.2 Å². The van der Waals surface area contributed by atoms with Gasteiger partial charge in [-0.3, -0.25) is 9.89 Å². The van der Waals surface area contributed by atoms with Gasteiger partial charge in [-0.25, -0.2) is 14.2 Å². The number of benzene rings is 2. The second-order valence-electron chi connectivity index (χ2n) is 6.91. The summed E-state index contributed by atoms with van der Waals surface area (Å²) in [6.45, 7) is 1.96. The number of rotatable bonds is 5. The van der Waals surface area contributed by atoms with E-state index in [1.165, 1.54) is 29.4 Å². The third-order valence-corrected chi connectivity index (χ3v) is 5.27. The van der Waals surface area contributed by atoms with Crippen LogP contribution in [-0.2, 0) is 6.54 Å². The first-order chi connectivity index (χ1) is 14.9. The van der Waals surface area contributed by atoms with Crippen LogP contribution in [0.2, 0.25) is 5.02 Å². The number of amides is 2. The first kappa shape index (κ1) is 20.5. The Morgan fingerprint density at radius 3 is 2.74 bits per heavy atom. The van der Waals surface area contributed by atoms with E-state index in [1.54, 1.807) is 18.3 Å². The Bertz CT molecular complexity index is 1290. The van der Waals surface area contributed by atoms with E-state index in [-0.39, 0.29) is 17.1 Å². The van der Waals surface area contributed by atoms with Crippen molar-refractivity contribution in [3.8, 4) is 0 Å². The fourth-order valence-corrected chi connectivity index (χ4v) is 3.55. The molecule has 3 N–H and O–H groups in total. The first-order valence-electron chi connectivity index (χ1n) is 9.41. The molecule has 0 fully saturated rings. The topological polar surface area (TPSA) is 107 Å². The van der Waals surface area contributed by atoms with Crippen LogP contribution in [0.15, 0.2) is 59.8 Å². The average Bonchev–Trinajstić information content (AvgIpc) is 3.28. The quantitative estimate of drug-likeness (QED) is 0.431. The van der Waals surface area contributed by atoms with Crippen molar-refractivity contribution in [3.63, 3.8) is 0 Å². The van der Waals surface area contributed by atoms with Crippen LogP contribution in [0.3, 0.4) is 0 Å². The minimum absolute atomic E-state index is 0.0979. The summed E-state index contributed by atoms with van der Waals surface area (Å²) < 4.78 is 13.5. The Morgan fingerprint density at radius 1 is 1.26 bits per heavy atom. The van der Waals surface area contributed by atoms with E-state index in [1.807, 2.05) is 19.1 Å². The average molecular weight is 441 g/mol. The molecule has 0 spiro atoms. The van der Waals surface area contributed by atoms with Crippen LogP contribution in [0.4, 0.5) is 14.9 Å². The maximum atomic E-state index is 13.5.